The molecule has 0 bridgehead atoms. The van der Waals surface area contributed by atoms with E-state index in [1.165, 1.54) is 0 Å². The van der Waals surface area contributed by atoms with Crippen LogP contribution in [-0.4, -0.2) is 68.7 Å². The minimum absolute atomic E-state index is 0. The molecule has 3 N–H and O–H groups in total. The lowest BCUT2D eigenvalue weighted by molar-refractivity contribution is -0.128. The topological polar surface area (TPSA) is 80.2 Å². The number of phenols is 1. The van der Waals surface area contributed by atoms with Crippen molar-refractivity contribution in [2.45, 2.75) is 13.8 Å². The Kier molecular flexibility index (Phi) is 8.45. The quantitative estimate of drug-likeness (QED) is 0.350. The van der Waals surface area contributed by atoms with Crippen molar-refractivity contribution in [2.75, 3.05) is 51.7 Å². The van der Waals surface area contributed by atoms with Crippen LogP contribution < -0.4 is 15.5 Å². The predicted molar refractivity (Wildman–Crippen MR) is 117 cm³/mol. The van der Waals surface area contributed by atoms with Crippen molar-refractivity contribution < 1.29 is 9.90 Å². The molecule has 1 aliphatic rings. The van der Waals surface area contributed by atoms with E-state index in [2.05, 4.69) is 25.4 Å². The summed E-state index contributed by atoms with van der Waals surface area (Å²) in [6.07, 6.45) is 0. The van der Waals surface area contributed by atoms with E-state index in [1.807, 2.05) is 32.0 Å². The number of para-hydroxylation sites is 2. The molecule has 0 spiro atoms. The number of carbonyl (C=O) groups is 1. The van der Waals surface area contributed by atoms with Crippen molar-refractivity contribution >= 4 is 41.5 Å². The number of benzene rings is 1. The van der Waals surface area contributed by atoms with Crippen LogP contribution in [0.5, 0.6) is 5.75 Å². The van der Waals surface area contributed by atoms with Gasteiger partial charge < -0.3 is 25.5 Å². The van der Waals surface area contributed by atoms with Gasteiger partial charge in [-0.25, -0.2) is 0 Å². The molecular formula is C18H30IN5O2. The molecule has 2 rings (SSSR count). The first-order valence-electron chi connectivity index (χ1n) is 8.60. The third-order valence-corrected chi connectivity index (χ3v) is 4.54. The Balaban J connectivity index is 0.00000338. The van der Waals surface area contributed by atoms with Crippen molar-refractivity contribution in [1.29, 1.82) is 0 Å². The summed E-state index contributed by atoms with van der Waals surface area (Å²) in [7, 11) is 3.40. The Morgan fingerprint density at radius 1 is 1.23 bits per heavy atom. The largest absolute Gasteiger partial charge is 0.506 e. The summed E-state index contributed by atoms with van der Waals surface area (Å²) < 4.78 is 0. The third kappa shape index (κ3) is 5.39. The summed E-state index contributed by atoms with van der Waals surface area (Å²) in [5.74, 6) is 1.11. The van der Waals surface area contributed by atoms with Gasteiger partial charge in [-0.1, -0.05) is 12.1 Å². The number of aromatic hydroxyl groups is 1. The number of aliphatic imine (C=N–C) groups is 1. The lowest BCUT2D eigenvalue weighted by atomic mass is 9.92. The minimum atomic E-state index is -0.512. The van der Waals surface area contributed by atoms with Crippen LogP contribution in [-0.2, 0) is 4.79 Å². The van der Waals surface area contributed by atoms with Crippen LogP contribution in [0.2, 0.25) is 0 Å². The predicted octanol–water partition coefficient (Wildman–Crippen LogP) is 1.48. The Bertz CT molecular complexity index is 628. The fourth-order valence-electron chi connectivity index (χ4n) is 2.94. The number of carbonyl (C=O) groups excluding carboxylic acids is 1. The Labute approximate surface area is 172 Å². The number of nitrogens with zero attached hydrogens (tertiary/aromatic N) is 3. The van der Waals surface area contributed by atoms with Crippen LogP contribution in [0.25, 0.3) is 0 Å². The molecule has 1 fully saturated rings. The van der Waals surface area contributed by atoms with E-state index in [1.54, 1.807) is 20.2 Å². The third-order valence-electron chi connectivity index (χ3n) is 4.54. The van der Waals surface area contributed by atoms with Crippen molar-refractivity contribution in [3.63, 3.8) is 0 Å². The molecule has 0 aliphatic carbocycles. The fourth-order valence-corrected chi connectivity index (χ4v) is 2.94. The zero-order valence-corrected chi connectivity index (χ0v) is 18.3. The molecule has 1 aromatic carbocycles. The summed E-state index contributed by atoms with van der Waals surface area (Å²) in [4.78, 5) is 20.6. The van der Waals surface area contributed by atoms with E-state index >= 15 is 0 Å². The molecule has 1 aliphatic heterocycles. The number of anilines is 1. The Morgan fingerprint density at radius 3 is 2.38 bits per heavy atom. The van der Waals surface area contributed by atoms with Crippen LogP contribution in [0.4, 0.5) is 5.69 Å². The highest BCUT2D eigenvalue weighted by atomic mass is 127. The maximum absolute atomic E-state index is 11.9. The second kappa shape index (κ2) is 9.84. The molecule has 0 aromatic heterocycles. The van der Waals surface area contributed by atoms with Gasteiger partial charge in [0.05, 0.1) is 11.1 Å². The molecule has 0 saturated carbocycles. The molecule has 1 aromatic rings. The van der Waals surface area contributed by atoms with Crippen LogP contribution in [0.3, 0.4) is 0 Å². The van der Waals surface area contributed by atoms with Crippen molar-refractivity contribution in [3.05, 3.63) is 24.3 Å². The lowest BCUT2D eigenvalue weighted by Gasteiger charge is -2.38. The van der Waals surface area contributed by atoms with E-state index in [9.17, 15) is 9.90 Å². The SMILES string of the molecule is CN=C(NCC(C)(C)C(=O)NC)N1CCN(c2ccccc2O)CC1.I. The first kappa shape index (κ1) is 22.3. The average molecular weight is 475 g/mol. The van der Waals surface area contributed by atoms with Crippen molar-refractivity contribution in [2.24, 2.45) is 10.4 Å². The number of rotatable bonds is 4. The molecular weight excluding hydrogens is 445 g/mol. The van der Waals surface area contributed by atoms with Crippen molar-refractivity contribution in [3.8, 4) is 5.75 Å². The van der Waals surface area contributed by atoms with Crippen LogP contribution in [0.1, 0.15) is 13.8 Å². The van der Waals surface area contributed by atoms with E-state index in [-0.39, 0.29) is 29.9 Å². The van der Waals surface area contributed by atoms with E-state index in [0.29, 0.717) is 12.3 Å². The summed E-state index contributed by atoms with van der Waals surface area (Å²) in [5.41, 5.74) is 0.355. The standard InChI is InChI=1S/C18H29N5O2.HI/c1-18(2,16(25)19-3)13-21-17(20-4)23-11-9-22(10-12-23)14-7-5-6-8-15(14)24;/h5-8,24H,9-13H2,1-4H3,(H,19,25)(H,20,21);1H. The molecule has 0 radical (unpaired) electrons. The zero-order chi connectivity index (χ0) is 18.4. The number of piperazine rings is 1. The van der Waals surface area contributed by atoms with Gasteiger partial charge in [-0.3, -0.25) is 9.79 Å². The number of nitrogens with one attached hydrogen (secondary N) is 2. The van der Waals surface area contributed by atoms with Gasteiger partial charge in [-0.2, -0.15) is 0 Å². The summed E-state index contributed by atoms with van der Waals surface area (Å²) in [5, 5.41) is 16.0. The van der Waals surface area contributed by atoms with Gasteiger partial charge in [0.2, 0.25) is 5.91 Å². The van der Waals surface area contributed by atoms with Gasteiger partial charge in [0.15, 0.2) is 5.96 Å². The van der Waals surface area contributed by atoms with Gasteiger partial charge in [0, 0.05) is 46.8 Å². The molecule has 1 saturated heterocycles. The fraction of sp³-hybridized carbons (Fsp3) is 0.556. The Morgan fingerprint density at radius 2 is 1.85 bits per heavy atom. The summed E-state index contributed by atoms with van der Waals surface area (Å²) >= 11 is 0. The molecule has 26 heavy (non-hydrogen) atoms. The second-order valence-electron chi connectivity index (χ2n) is 6.83. The normalized spacial score (nSPS) is 15.3. The smallest absolute Gasteiger partial charge is 0.227 e. The van der Waals surface area contributed by atoms with Gasteiger partial charge >= 0.3 is 0 Å². The van der Waals surface area contributed by atoms with Gasteiger partial charge in [0.25, 0.3) is 0 Å². The van der Waals surface area contributed by atoms with Gasteiger partial charge in [-0.05, 0) is 26.0 Å². The maximum Gasteiger partial charge on any atom is 0.227 e. The number of amides is 1. The number of halogens is 1. The molecule has 7 nitrogen and oxygen atoms in total. The first-order valence-corrected chi connectivity index (χ1v) is 8.60. The highest BCUT2D eigenvalue weighted by Crippen LogP contribution is 2.27. The lowest BCUT2D eigenvalue weighted by Crippen LogP contribution is -2.54. The number of guanidine groups is 1. The maximum atomic E-state index is 11.9. The first-order chi connectivity index (χ1) is 11.9. The second-order valence-corrected chi connectivity index (χ2v) is 6.83. The molecule has 1 heterocycles. The summed E-state index contributed by atoms with van der Waals surface area (Å²) in [6.45, 7) is 7.53. The number of hydrogen-bond donors (Lipinski definition) is 3. The van der Waals surface area contributed by atoms with E-state index < -0.39 is 5.41 Å². The van der Waals surface area contributed by atoms with Gasteiger partial charge in [-0.15, -0.1) is 24.0 Å². The summed E-state index contributed by atoms with van der Waals surface area (Å²) in [6, 6.07) is 7.41. The average Bonchev–Trinajstić information content (AvgIpc) is 2.62. The van der Waals surface area contributed by atoms with Gasteiger partial charge in [0.1, 0.15) is 5.75 Å². The van der Waals surface area contributed by atoms with Crippen molar-refractivity contribution in [1.82, 2.24) is 15.5 Å². The number of hydrogen-bond acceptors (Lipinski definition) is 4. The zero-order valence-electron chi connectivity index (χ0n) is 16.0. The number of phenolic OH excluding ortho intramolecular Hbond substituents is 1. The van der Waals surface area contributed by atoms with Crippen LogP contribution in [0, 0.1) is 5.41 Å². The molecule has 1 amide bonds. The minimum Gasteiger partial charge on any atom is -0.506 e. The highest BCUT2D eigenvalue weighted by Gasteiger charge is 2.28. The highest BCUT2D eigenvalue weighted by molar-refractivity contribution is 14.0. The van der Waals surface area contributed by atoms with E-state index in [0.717, 1.165) is 37.8 Å². The molecule has 8 heteroatoms. The molecule has 0 unspecified atom stereocenters. The van der Waals surface area contributed by atoms with Crippen LogP contribution >= 0.6 is 24.0 Å². The Hall–Kier alpha value is -1.71. The van der Waals surface area contributed by atoms with Crippen LogP contribution in [0.15, 0.2) is 29.3 Å². The monoisotopic (exact) mass is 475 g/mol. The molecule has 146 valence electrons. The molecule has 0 atom stereocenters. The van der Waals surface area contributed by atoms with E-state index in [4.69, 9.17) is 0 Å².